The Morgan fingerprint density at radius 2 is 1.68 bits per heavy atom. The number of likely N-dealkylation sites (tertiary alicyclic amines) is 1. The number of carbonyl (C=O) groups is 2. The number of nitrogens with one attached hydrogen (secondary N) is 2. The molecule has 3 rings (SSSR count). The summed E-state index contributed by atoms with van der Waals surface area (Å²) in [6.45, 7) is 3.58. The fraction of sp³-hybridized carbons (Fsp3) is 0.391. The van der Waals surface area contributed by atoms with E-state index in [1.807, 2.05) is 30.3 Å². The molecule has 166 valence electrons. The monoisotopic (exact) mass is 433 g/mol. The van der Waals surface area contributed by atoms with Crippen molar-refractivity contribution in [3.05, 3.63) is 60.2 Å². The molecule has 1 fully saturated rings. The number of alkyl halides is 3. The Balaban J connectivity index is 1.75. The van der Waals surface area contributed by atoms with Crippen LogP contribution in [0.15, 0.2) is 54.6 Å². The summed E-state index contributed by atoms with van der Waals surface area (Å²) >= 11 is 0. The van der Waals surface area contributed by atoms with E-state index in [0.717, 1.165) is 5.56 Å². The highest BCUT2D eigenvalue weighted by atomic mass is 19.4. The predicted molar refractivity (Wildman–Crippen MR) is 113 cm³/mol. The van der Waals surface area contributed by atoms with Gasteiger partial charge in [-0.15, -0.1) is 0 Å². The first-order chi connectivity index (χ1) is 14.6. The Morgan fingerprint density at radius 3 is 2.29 bits per heavy atom. The molecule has 1 heterocycles. The number of nitrogens with zero attached hydrogens (tertiary/aromatic N) is 1. The van der Waals surface area contributed by atoms with Crippen molar-refractivity contribution in [3.8, 4) is 0 Å². The van der Waals surface area contributed by atoms with Crippen LogP contribution in [0.3, 0.4) is 0 Å². The predicted octanol–water partition coefficient (Wildman–Crippen LogP) is 4.67. The maximum absolute atomic E-state index is 14.1. The molecule has 0 spiro atoms. The van der Waals surface area contributed by atoms with Gasteiger partial charge < -0.3 is 10.6 Å². The molecule has 31 heavy (non-hydrogen) atoms. The molecule has 1 atom stereocenters. The number of carbonyl (C=O) groups excluding carboxylic acids is 2. The van der Waals surface area contributed by atoms with Gasteiger partial charge in [0.25, 0.3) is 0 Å². The van der Waals surface area contributed by atoms with E-state index in [9.17, 15) is 22.8 Å². The summed E-state index contributed by atoms with van der Waals surface area (Å²) in [6, 6.07) is 15.4. The minimum Gasteiger partial charge on any atom is -0.326 e. The van der Waals surface area contributed by atoms with Gasteiger partial charge in [0.1, 0.15) is 0 Å². The first-order valence-electron chi connectivity index (χ1n) is 10.2. The van der Waals surface area contributed by atoms with E-state index in [1.54, 1.807) is 30.9 Å². The van der Waals surface area contributed by atoms with Gasteiger partial charge in [-0.2, -0.15) is 13.2 Å². The zero-order valence-corrected chi connectivity index (χ0v) is 17.5. The number of hydrogen-bond donors (Lipinski definition) is 2. The fourth-order valence-electron chi connectivity index (χ4n) is 3.62. The van der Waals surface area contributed by atoms with Gasteiger partial charge in [0.05, 0.1) is 0 Å². The lowest BCUT2D eigenvalue weighted by atomic mass is 9.85. The molecule has 5 nitrogen and oxygen atoms in total. The Labute approximate surface area is 179 Å². The molecule has 1 unspecified atom stereocenters. The van der Waals surface area contributed by atoms with E-state index >= 15 is 0 Å². The van der Waals surface area contributed by atoms with Crippen molar-refractivity contribution < 1.29 is 22.8 Å². The second-order valence-electron chi connectivity index (χ2n) is 8.20. The summed E-state index contributed by atoms with van der Waals surface area (Å²) in [5.41, 5.74) is -0.972. The van der Waals surface area contributed by atoms with Crippen LogP contribution in [0.2, 0.25) is 0 Å². The van der Waals surface area contributed by atoms with Gasteiger partial charge in [-0.25, -0.2) is 0 Å². The summed E-state index contributed by atoms with van der Waals surface area (Å²) in [5, 5.41) is 5.10. The zero-order chi connectivity index (χ0) is 22.6. The van der Waals surface area contributed by atoms with Crippen LogP contribution in [0.4, 0.5) is 24.5 Å². The molecule has 2 N–H and O–H groups in total. The third kappa shape index (κ3) is 5.25. The van der Waals surface area contributed by atoms with Gasteiger partial charge in [0, 0.05) is 30.4 Å². The van der Waals surface area contributed by atoms with Crippen molar-refractivity contribution in [2.75, 3.05) is 23.7 Å². The highest BCUT2D eigenvalue weighted by Crippen LogP contribution is 2.46. The SMILES string of the molecule is CC(C)C(=O)Nc1cccc(NC(=O)C2(C(F)(F)F)CCN(Cc3ccccc3)C2)c1. The van der Waals surface area contributed by atoms with Crippen LogP contribution in [0.25, 0.3) is 0 Å². The maximum atomic E-state index is 14.1. The van der Waals surface area contributed by atoms with Crippen LogP contribution >= 0.6 is 0 Å². The molecule has 2 aromatic rings. The van der Waals surface area contributed by atoms with Crippen LogP contribution in [0, 0.1) is 11.3 Å². The van der Waals surface area contributed by atoms with Crippen molar-refractivity contribution in [1.29, 1.82) is 0 Å². The fourth-order valence-corrected chi connectivity index (χ4v) is 3.62. The van der Waals surface area contributed by atoms with Crippen molar-refractivity contribution in [1.82, 2.24) is 4.90 Å². The van der Waals surface area contributed by atoms with Crippen LogP contribution in [0.5, 0.6) is 0 Å². The second-order valence-corrected chi connectivity index (χ2v) is 8.20. The zero-order valence-electron chi connectivity index (χ0n) is 17.5. The lowest BCUT2D eigenvalue weighted by Gasteiger charge is -2.30. The van der Waals surface area contributed by atoms with Gasteiger partial charge in [-0.3, -0.25) is 14.5 Å². The molecule has 2 aromatic carbocycles. The third-order valence-corrected chi connectivity index (χ3v) is 5.49. The number of rotatable bonds is 6. The summed E-state index contributed by atoms with van der Waals surface area (Å²) in [5.74, 6) is -1.55. The molecule has 1 saturated heterocycles. The summed E-state index contributed by atoms with van der Waals surface area (Å²) < 4.78 is 42.2. The first kappa shape index (κ1) is 22.8. The quantitative estimate of drug-likeness (QED) is 0.696. The van der Waals surface area contributed by atoms with Gasteiger partial charge in [-0.05, 0) is 36.7 Å². The van der Waals surface area contributed by atoms with Gasteiger partial charge >= 0.3 is 6.18 Å². The van der Waals surface area contributed by atoms with Gasteiger partial charge in [0.2, 0.25) is 11.8 Å². The molecule has 0 radical (unpaired) electrons. The normalized spacial score (nSPS) is 19.4. The van der Waals surface area contributed by atoms with E-state index < -0.39 is 24.0 Å². The number of hydrogen-bond acceptors (Lipinski definition) is 3. The standard InChI is InChI=1S/C23H26F3N3O2/c1-16(2)20(30)27-18-9-6-10-19(13-18)28-21(31)22(23(24,25)26)11-12-29(15-22)14-17-7-4-3-5-8-17/h3-10,13,16H,11-12,14-15H2,1-2H3,(H,27,30)(H,28,31). The molecule has 0 aliphatic carbocycles. The highest BCUT2D eigenvalue weighted by Gasteiger charge is 2.62. The highest BCUT2D eigenvalue weighted by molar-refractivity contribution is 5.98. The van der Waals surface area contributed by atoms with Crippen LogP contribution in [-0.4, -0.2) is 36.0 Å². The molecule has 2 amide bonds. The maximum Gasteiger partial charge on any atom is 0.404 e. The molecule has 0 bridgehead atoms. The van der Waals surface area contributed by atoms with Gasteiger partial charge in [0.15, 0.2) is 5.41 Å². The van der Waals surface area contributed by atoms with Crippen molar-refractivity contribution in [3.63, 3.8) is 0 Å². The lowest BCUT2D eigenvalue weighted by Crippen LogP contribution is -2.49. The summed E-state index contributed by atoms with van der Waals surface area (Å²) in [4.78, 5) is 26.4. The van der Waals surface area contributed by atoms with Gasteiger partial charge in [-0.1, -0.05) is 50.2 Å². The molecular formula is C23H26F3N3O2. The molecule has 1 aliphatic heterocycles. The summed E-state index contributed by atoms with van der Waals surface area (Å²) in [7, 11) is 0. The smallest absolute Gasteiger partial charge is 0.326 e. The average molecular weight is 433 g/mol. The van der Waals surface area contributed by atoms with E-state index in [2.05, 4.69) is 10.6 Å². The second kappa shape index (κ2) is 9.09. The Hall–Kier alpha value is -2.87. The number of halogens is 3. The molecule has 1 aliphatic rings. The topological polar surface area (TPSA) is 61.4 Å². The minimum atomic E-state index is -4.69. The van der Waals surface area contributed by atoms with Crippen LogP contribution in [0.1, 0.15) is 25.8 Å². The van der Waals surface area contributed by atoms with E-state index in [4.69, 9.17) is 0 Å². The number of anilines is 2. The average Bonchev–Trinajstić information content (AvgIpc) is 3.14. The summed E-state index contributed by atoms with van der Waals surface area (Å²) in [6.07, 6.45) is -5.00. The number of amides is 2. The van der Waals surface area contributed by atoms with Crippen molar-refractivity contribution in [2.45, 2.75) is 33.0 Å². The largest absolute Gasteiger partial charge is 0.404 e. The van der Waals surface area contributed by atoms with E-state index in [1.165, 1.54) is 12.1 Å². The third-order valence-electron chi connectivity index (χ3n) is 5.49. The van der Waals surface area contributed by atoms with E-state index in [0.29, 0.717) is 12.2 Å². The molecule has 0 aromatic heterocycles. The lowest BCUT2D eigenvalue weighted by molar-refractivity contribution is -0.215. The molecule has 8 heteroatoms. The van der Waals surface area contributed by atoms with Crippen molar-refractivity contribution >= 4 is 23.2 Å². The molecular weight excluding hydrogens is 407 g/mol. The molecule has 0 saturated carbocycles. The van der Waals surface area contributed by atoms with Crippen molar-refractivity contribution in [2.24, 2.45) is 11.3 Å². The van der Waals surface area contributed by atoms with E-state index in [-0.39, 0.29) is 30.5 Å². The Kier molecular flexibility index (Phi) is 6.69. The minimum absolute atomic E-state index is 0.173. The van der Waals surface area contributed by atoms with Crippen LogP contribution in [-0.2, 0) is 16.1 Å². The van der Waals surface area contributed by atoms with Crippen LogP contribution < -0.4 is 10.6 Å². The number of benzene rings is 2. The Morgan fingerprint density at radius 1 is 1.03 bits per heavy atom. The Bertz CT molecular complexity index is 931. The first-order valence-corrected chi connectivity index (χ1v) is 10.2.